The topological polar surface area (TPSA) is 38.7 Å². The van der Waals surface area contributed by atoms with E-state index in [-0.39, 0.29) is 6.10 Å². The number of carbonyl (C=O) groups excluding carboxylic acids is 1. The number of hydrogen-bond donors (Lipinski definition) is 0. The summed E-state index contributed by atoms with van der Waals surface area (Å²) < 4.78 is 5.64. The molecule has 80 valence electrons. The van der Waals surface area contributed by atoms with E-state index >= 15 is 0 Å². The van der Waals surface area contributed by atoms with Crippen LogP contribution in [0.4, 0.5) is 0 Å². The minimum absolute atomic E-state index is 0.153. The highest BCUT2D eigenvalue weighted by Crippen LogP contribution is 2.19. The first kappa shape index (κ1) is 11.5. The van der Waals surface area contributed by atoms with E-state index in [0.717, 1.165) is 11.3 Å². The molecule has 0 bridgehead atoms. The lowest BCUT2D eigenvalue weighted by Gasteiger charge is -2.13. The lowest BCUT2D eigenvalue weighted by atomic mass is 10.1. The standard InChI is InChI=1S/C12H15NO2/c1-10(2)15-12-6-4-3-5-11(12)7-8-13-9-14/h3-6,10H,7-8H2,1-2H3. The third-order valence-corrected chi connectivity index (χ3v) is 1.89. The fraction of sp³-hybridized carbons (Fsp3) is 0.417. The lowest BCUT2D eigenvalue weighted by Crippen LogP contribution is -2.07. The van der Waals surface area contributed by atoms with Gasteiger partial charge in [-0.25, -0.2) is 9.79 Å². The molecule has 3 nitrogen and oxygen atoms in total. The minimum atomic E-state index is 0.153. The van der Waals surface area contributed by atoms with E-state index in [1.807, 2.05) is 38.1 Å². The van der Waals surface area contributed by atoms with Gasteiger partial charge in [-0.15, -0.1) is 0 Å². The van der Waals surface area contributed by atoms with E-state index in [2.05, 4.69) is 4.99 Å². The maximum absolute atomic E-state index is 9.93. The number of isocyanates is 1. The van der Waals surface area contributed by atoms with Gasteiger partial charge < -0.3 is 4.74 Å². The second-order valence-electron chi connectivity index (χ2n) is 3.50. The monoisotopic (exact) mass is 205 g/mol. The van der Waals surface area contributed by atoms with Crippen molar-refractivity contribution in [3.8, 4) is 5.75 Å². The number of rotatable bonds is 5. The molecule has 1 rings (SSSR count). The third kappa shape index (κ3) is 3.96. The maximum Gasteiger partial charge on any atom is 0.234 e. The van der Waals surface area contributed by atoms with Crippen LogP contribution in [0, 0.1) is 0 Å². The number of benzene rings is 1. The van der Waals surface area contributed by atoms with Gasteiger partial charge in [0, 0.05) is 0 Å². The highest BCUT2D eigenvalue weighted by molar-refractivity contribution is 5.35. The molecule has 0 aliphatic heterocycles. The van der Waals surface area contributed by atoms with E-state index in [9.17, 15) is 4.79 Å². The Morgan fingerprint density at radius 3 is 2.80 bits per heavy atom. The molecule has 0 aliphatic rings. The molecule has 3 heteroatoms. The van der Waals surface area contributed by atoms with Gasteiger partial charge in [0.05, 0.1) is 12.6 Å². The molecule has 0 aromatic heterocycles. The zero-order chi connectivity index (χ0) is 11.1. The predicted octanol–water partition coefficient (Wildman–Crippen LogP) is 2.35. The van der Waals surface area contributed by atoms with Gasteiger partial charge in [-0.1, -0.05) is 18.2 Å². The van der Waals surface area contributed by atoms with Gasteiger partial charge in [0.15, 0.2) is 0 Å². The van der Waals surface area contributed by atoms with Crippen molar-refractivity contribution in [2.45, 2.75) is 26.4 Å². The minimum Gasteiger partial charge on any atom is -0.491 e. The van der Waals surface area contributed by atoms with Crippen molar-refractivity contribution in [1.82, 2.24) is 0 Å². The fourth-order valence-electron chi connectivity index (χ4n) is 1.30. The molecule has 0 amide bonds. The Labute approximate surface area is 89.8 Å². The normalized spacial score (nSPS) is 9.80. The van der Waals surface area contributed by atoms with Crippen LogP contribution in [-0.4, -0.2) is 18.7 Å². The highest BCUT2D eigenvalue weighted by Gasteiger charge is 2.03. The molecule has 1 aromatic carbocycles. The summed E-state index contributed by atoms with van der Waals surface area (Å²) in [6.45, 7) is 4.43. The van der Waals surface area contributed by atoms with Crippen LogP contribution in [0.2, 0.25) is 0 Å². The molecule has 0 heterocycles. The molecule has 1 aromatic rings. The van der Waals surface area contributed by atoms with E-state index in [0.29, 0.717) is 13.0 Å². The second kappa shape index (κ2) is 5.99. The van der Waals surface area contributed by atoms with E-state index in [4.69, 9.17) is 4.74 Å². The van der Waals surface area contributed by atoms with Crippen molar-refractivity contribution in [3.05, 3.63) is 29.8 Å². The maximum atomic E-state index is 9.93. The fourth-order valence-corrected chi connectivity index (χ4v) is 1.30. The molecule has 0 fully saturated rings. The van der Waals surface area contributed by atoms with Crippen molar-refractivity contribution in [2.24, 2.45) is 4.99 Å². The Balaban J connectivity index is 2.72. The molecule has 0 N–H and O–H groups in total. The van der Waals surface area contributed by atoms with Gasteiger partial charge >= 0.3 is 0 Å². The van der Waals surface area contributed by atoms with Crippen LogP contribution in [0.1, 0.15) is 19.4 Å². The van der Waals surface area contributed by atoms with Crippen molar-refractivity contribution in [1.29, 1.82) is 0 Å². The number of hydrogen-bond acceptors (Lipinski definition) is 3. The summed E-state index contributed by atoms with van der Waals surface area (Å²) in [5.74, 6) is 0.869. The Bertz CT molecular complexity index is 354. The van der Waals surface area contributed by atoms with Gasteiger partial charge in [0.25, 0.3) is 0 Å². The summed E-state index contributed by atoms with van der Waals surface area (Å²) >= 11 is 0. The molecule has 0 saturated carbocycles. The van der Waals surface area contributed by atoms with E-state index in [1.54, 1.807) is 0 Å². The van der Waals surface area contributed by atoms with Crippen molar-refractivity contribution in [2.75, 3.05) is 6.54 Å². The zero-order valence-electron chi connectivity index (χ0n) is 9.06. The molecular formula is C12H15NO2. The number of nitrogens with zero attached hydrogens (tertiary/aromatic N) is 1. The van der Waals surface area contributed by atoms with Gasteiger partial charge in [-0.2, -0.15) is 0 Å². The summed E-state index contributed by atoms with van der Waals surface area (Å²) in [4.78, 5) is 13.5. The van der Waals surface area contributed by atoms with E-state index < -0.39 is 0 Å². The zero-order valence-corrected chi connectivity index (χ0v) is 9.06. The van der Waals surface area contributed by atoms with Crippen LogP contribution in [0.3, 0.4) is 0 Å². The predicted molar refractivity (Wildman–Crippen MR) is 58.9 cm³/mol. The van der Waals surface area contributed by atoms with E-state index in [1.165, 1.54) is 6.08 Å². The first-order valence-corrected chi connectivity index (χ1v) is 5.02. The molecule has 0 radical (unpaired) electrons. The second-order valence-corrected chi connectivity index (χ2v) is 3.50. The molecule has 0 spiro atoms. The van der Waals surface area contributed by atoms with Crippen LogP contribution in [0.25, 0.3) is 0 Å². The summed E-state index contributed by atoms with van der Waals surface area (Å²) in [5.41, 5.74) is 1.07. The van der Waals surface area contributed by atoms with Crippen LogP contribution in [0.5, 0.6) is 5.75 Å². The van der Waals surface area contributed by atoms with Crippen LogP contribution < -0.4 is 4.74 Å². The molecule has 15 heavy (non-hydrogen) atoms. The van der Waals surface area contributed by atoms with Crippen LogP contribution >= 0.6 is 0 Å². The molecule has 0 unspecified atom stereocenters. The Morgan fingerprint density at radius 1 is 1.40 bits per heavy atom. The van der Waals surface area contributed by atoms with Crippen molar-refractivity contribution < 1.29 is 9.53 Å². The summed E-state index contributed by atoms with van der Waals surface area (Å²) in [5, 5.41) is 0. The summed E-state index contributed by atoms with van der Waals surface area (Å²) in [6, 6.07) is 7.80. The summed E-state index contributed by atoms with van der Waals surface area (Å²) in [6.07, 6.45) is 2.39. The Hall–Kier alpha value is -1.60. The number of ether oxygens (including phenoxy) is 1. The quantitative estimate of drug-likeness (QED) is 0.546. The summed E-state index contributed by atoms with van der Waals surface area (Å²) in [7, 11) is 0. The van der Waals surface area contributed by atoms with Gasteiger partial charge in [0.1, 0.15) is 5.75 Å². The SMILES string of the molecule is CC(C)Oc1ccccc1CCN=C=O. The van der Waals surface area contributed by atoms with Crippen molar-refractivity contribution >= 4 is 6.08 Å². The molecule has 0 saturated heterocycles. The number of para-hydroxylation sites is 1. The highest BCUT2D eigenvalue weighted by atomic mass is 16.5. The molecule has 0 atom stereocenters. The first-order valence-electron chi connectivity index (χ1n) is 5.02. The Morgan fingerprint density at radius 2 is 2.13 bits per heavy atom. The average molecular weight is 205 g/mol. The van der Waals surface area contributed by atoms with Crippen LogP contribution in [-0.2, 0) is 11.2 Å². The third-order valence-electron chi connectivity index (χ3n) is 1.89. The van der Waals surface area contributed by atoms with Gasteiger partial charge in [-0.05, 0) is 31.9 Å². The van der Waals surface area contributed by atoms with Gasteiger partial charge in [0.2, 0.25) is 6.08 Å². The van der Waals surface area contributed by atoms with Crippen LogP contribution in [0.15, 0.2) is 29.3 Å². The lowest BCUT2D eigenvalue weighted by molar-refractivity contribution is 0.240. The molecule has 0 aliphatic carbocycles. The largest absolute Gasteiger partial charge is 0.491 e. The average Bonchev–Trinajstić information content (AvgIpc) is 2.20. The van der Waals surface area contributed by atoms with Gasteiger partial charge in [-0.3, -0.25) is 0 Å². The smallest absolute Gasteiger partial charge is 0.234 e. The Kier molecular flexibility index (Phi) is 4.58. The first-order chi connectivity index (χ1) is 7.24. The number of aliphatic imine (C=N–C) groups is 1. The molecular weight excluding hydrogens is 190 g/mol. The van der Waals surface area contributed by atoms with Crippen molar-refractivity contribution in [3.63, 3.8) is 0 Å².